The van der Waals surface area contributed by atoms with Crippen molar-refractivity contribution in [2.75, 3.05) is 22.3 Å². The molecule has 5 heteroatoms. The summed E-state index contributed by atoms with van der Waals surface area (Å²) in [5.41, 5.74) is 8.05. The second kappa shape index (κ2) is 3.97. The Morgan fingerprint density at radius 1 is 1.31 bits per heavy atom. The first-order valence-corrected chi connectivity index (χ1v) is 6.98. The van der Waals surface area contributed by atoms with Gasteiger partial charge in [-0.25, -0.2) is 8.42 Å². The molecule has 1 saturated heterocycles. The molecule has 1 fully saturated rings. The smallest absolute Gasteiger partial charge is 0.235 e. The Hall–Kier alpha value is -1.23. The van der Waals surface area contributed by atoms with Gasteiger partial charge < -0.3 is 5.73 Å². The minimum Gasteiger partial charge on any atom is -0.397 e. The number of hydrogen-bond donors (Lipinski definition) is 1. The second-order valence-corrected chi connectivity index (χ2v) is 6.17. The van der Waals surface area contributed by atoms with Crippen LogP contribution in [-0.4, -0.2) is 20.7 Å². The largest absolute Gasteiger partial charge is 0.397 e. The maximum absolute atomic E-state index is 11.9. The van der Waals surface area contributed by atoms with Gasteiger partial charge in [-0.05, 0) is 37.5 Å². The van der Waals surface area contributed by atoms with Crippen molar-refractivity contribution >= 4 is 21.4 Å². The first-order chi connectivity index (χ1) is 7.50. The normalized spacial score (nSPS) is 19.7. The Bertz CT molecular complexity index is 497. The maximum Gasteiger partial charge on any atom is 0.235 e. The maximum atomic E-state index is 11.9. The van der Waals surface area contributed by atoms with Gasteiger partial charge in [0.2, 0.25) is 10.0 Å². The fourth-order valence-electron chi connectivity index (χ4n) is 1.96. The third-order valence-corrected chi connectivity index (χ3v) is 4.66. The molecule has 0 saturated carbocycles. The molecule has 0 unspecified atom stereocenters. The predicted octanol–water partition coefficient (Wildman–Crippen LogP) is 1.51. The number of benzene rings is 1. The lowest BCUT2D eigenvalue weighted by Crippen LogP contribution is -2.38. The van der Waals surface area contributed by atoms with Crippen LogP contribution < -0.4 is 10.0 Å². The molecule has 0 atom stereocenters. The Kier molecular flexibility index (Phi) is 2.80. The summed E-state index contributed by atoms with van der Waals surface area (Å²) in [5.74, 6) is 0.223. The van der Waals surface area contributed by atoms with Gasteiger partial charge in [0.05, 0.1) is 17.1 Å². The summed E-state index contributed by atoms with van der Waals surface area (Å²) in [6.45, 7) is 2.47. The Morgan fingerprint density at radius 3 is 2.69 bits per heavy atom. The standard InChI is InChI=1S/C11H16N2O2S/c1-9-4-5-11(10(12)8-9)13-6-2-3-7-16(13,14)15/h4-5,8H,2-3,6-7,12H2,1H3. The molecule has 88 valence electrons. The molecular weight excluding hydrogens is 224 g/mol. The summed E-state index contributed by atoms with van der Waals surface area (Å²) < 4.78 is 25.2. The van der Waals surface area contributed by atoms with E-state index in [2.05, 4.69) is 0 Å². The van der Waals surface area contributed by atoms with Crippen LogP contribution in [0.5, 0.6) is 0 Å². The second-order valence-electron chi connectivity index (χ2n) is 4.16. The molecule has 0 bridgehead atoms. The highest BCUT2D eigenvalue weighted by molar-refractivity contribution is 7.92. The van der Waals surface area contributed by atoms with E-state index < -0.39 is 10.0 Å². The SMILES string of the molecule is Cc1ccc(N2CCCCS2(=O)=O)c(N)c1. The van der Waals surface area contributed by atoms with Crippen LogP contribution in [-0.2, 0) is 10.0 Å². The van der Waals surface area contributed by atoms with Crippen LogP contribution in [0.2, 0.25) is 0 Å². The summed E-state index contributed by atoms with van der Waals surface area (Å²) in [6.07, 6.45) is 1.64. The van der Waals surface area contributed by atoms with Crippen molar-refractivity contribution in [2.45, 2.75) is 19.8 Å². The van der Waals surface area contributed by atoms with Crippen molar-refractivity contribution in [3.05, 3.63) is 23.8 Å². The fourth-order valence-corrected chi connectivity index (χ4v) is 3.62. The van der Waals surface area contributed by atoms with Gasteiger partial charge in [0, 0.05) is 6.54 Å². The van der Waals surface area contributed by atoms with Gasteiger partial charge in [-0.15, -0.1) is 0 Å². The number of nitrogens with zero attached hydrogens (tertiary/aromatic N) is 1. The van der Waals surface area contributed by atoms with Gasteiger partial charge >= 0.3 is 0 Å². The van der Waals surface area contributed by atoms with Crippen LogP contribution in [0.15, 0.2) is 18.2 Å². The molecule has 4 nitrogen and oxygen atoms in total. The quantitative estimate of drug-likeness (QED) is 0.757. The molecule has 0 aromatic heterocycles. The number of nitrogen functional groups attached to an aromatic ring is 1. The van der Waals surface area contributed by atoms with E-state index in [0.717, 1.165) is 18.4 Å². The van der Waals surface area contributed by atoms with Crippen molar-refractivity contribution in [1.82, 2.24) is 0 Å². The monoisotopic (exact) mass is 240 g/mol. The predicted molar refractivity (Wildman–Crippen MR) is 66.0 cm³/mol. The Balaban J connectivity index is 2.43. The average molecular weight is 240 g/mol. The average Bonchev–Trinajstić information content (AvgIpc) is 2.19. The summed E-state index contributed by atoms with van der Waals surface area (Å²) in [7, 11) is -3.16. The van der Waals surface area contributed by atoms with Crippen molar-refractivity contribution in [3.63, 3.8) is 0 Å². The van der Waals surface area contributed by atoms with Crippen LogP contribution in [0.3, 0.4) is 0 Å². The van der Waals surface area contributed by atoms with E-state index >= 15 is 0 Å². The van der Waals surface area contributed by atoms with Gasteiger partial charge in [0.15, 0.2) is 0 Å². The zero-order valence-electron chi connectivity index (χ0n) is 9.31. The highest BCUT2D eigenvalue weighted by Crippen LogP contribution is 2.29. The molecule has 2 N–H and O–H groups in total. The molecule has 16 heavy (non-hydrogen) atoms. The van der Waals surface area contributed by atoms with Crippen LogP contribution in [0.25, 0.3) is 0 Å². The first-order valence-electron chi connectivity index (χ1n) is 5.37. The zero-order valence-corrected chi connectivity index (χ0v) is 10.1. The molecule has 1 heterocycles. The minimum atomic E-state index is -3.16. The number of rotatable bonds is 1. The zero-order chi connectivity index (χ0) is 11.8. The molecule has 1 aliphatic rings. The van der Waals surface area contributed by atoms with Gasteiger partial charge in [-0.1, -0.05) is 6.07 Å². The van der Waals surface area contributed by atoms with E-state index in [9.17, 15) is 8.42 Å². The summed E-state index contributed by atoms with van der Waals surface area (Å²) in [5, 5.41) is 0. The molecule has 2 rings (SSSR count). The molecule has 0 aliphatic carbocycles. The first kappa shape index (κ1) is 11.3. The number of nitrogens with two attached hydrogens (primary N) is 1. The highest BCUT2D eigenvalue weighted by Gasteiger charge is 2.27. The Labute approximate surface area is 96.1 Å². The molecule has 1 aromatic carbocycles. The van der Waals surface area contributed by atoms with Crippen LogP contribution in [0.1, 0.15) is 18.4 Å². The van der Waals surface area contributed by atoms with E-state index in [0.29, 0.717) is 17.9 Å². The van der Waals surface area contributed by atoms with E-state index in [1.807, 2.05) is 13.0 Å². The summed E-state index contributed by atoms with van der Waals surface area (Å²) >= 11 is 0. The van der Waals surface area contributed by atoms with Gasteiger partial charge in [-0.3, -0.25) is 4.31 Å². The number of aryl methyl sites for hydroxylation is 1. The number of hydrogen-bond acceptors (Lipinski definition) is 3. The van der Waals surface area contributed by atoms with E-state index in [-0.39, 0.29) is 5.75 Å². The summed E-state index contributed by atoms with van der Waals surface area (Å²) in [4.78, 5) is 0. The van der Waals surface area contributed by atoms with Crippen molar-refractivity contribution in [2.24, 2.45) is 0 Å². The highest BCUT2D eigenvalue weighted by atomic mass is 32.2. The molecule has 1 aliphatic heterocycles. The van der Waals surface area contributed by atoms with E-state index in [4.69, 9.17) is 5.73 Å². The molecule has 0 amide bonds. The van der Waals surface area contributed by atoms with Crippen LogP contribution in [0, 0.1) is 6.92 Å². The van der Waals surface area contributed by atoms with Gasteiger partial charge in [-0.2, -0.15) is 0 Å². The summed E-state index contributed by atoms with van der Waals surface area (Å²) in [6, 6.07) is 5.48. The fraction of sp³-hybridized carbons (Fsp3) is 0.455. The van der Waals surface area contributed by atoms with Crippen molar-refractivity contribution in [1.29, 1.82) is 0 Å². The minimum absolute atomic E-state index is 0.223. The topological polar surface area (TPSA) is 63.4 Å². The van der Waals surface area contributed by atoms with Crippen LogP contribution >= 0.6 is 0 Å². The molecule has 0 radical (unpaired) electrons. The Morgan fingerprint density at radius 2 is 2.06 bits per heavy atom. The third kappa shape index (κ3) is 2.00. The van der Waals surface area contributed by atoms with E-state index in [1.54, 1.807) is 12.1 Å². The van der Waals surface area contributed by atoms with Crippen molar-refractivity contribution < 1.29 is 8.42 Å². The lowest BCUT2D eigenvalue weighted by molar-refractivity contribution is 0.574. The van der Waals surface area contributed by atoms with Gasteiger partial charge in [0.1, 0.15) is 0 Å². The van der Waals surface area contributed by atoms with Gasteiger partial charge in [0.25, 0.3) is 0 Å². The van der Waals surface area contributed by atoms with Crippen molar-refractivity contribution in [3.8, 4) is 0 Å². The third-order valence-electron chi connectivity index (χ3n) is 2.80. The molecule has 0 spiro atoms. The lowest BCUT2D eigenvalue weighted by atomic mass is 10.2. The van der Waals surface area contributed by atoms with E-state index in [1.165, 1.54) is 4.31 Å². The molecular formula is C11H16N2O2S. The lowest BCUT2D eigenvalue weighted by Gasteiger charge is -2.29. The van der Waals surface area contributed by atoms with Crippen LogP contribution in [0.4, 0.5) is 11.4 Å². The number of anilines is 2. The number of sulfonamides is 1. The molecule has 1 aromatic rings.